The zero-order valence-corrected chi connectivity index (χ0v) is 21.1. The van der Waals surface area contributed by atoms with E-state index >= 15 is 0 Å². The molecule has 0 aromatic rings. The lowest BCUT2D eigenvalue weighted by molar-refractivity contribution is -0.156. The van der Waals surface area contributed by atoms with Crippen molar-refractivity contribution in [2.75, 3.05) is 0 Å². The first-order chi connectivity index (χ1) is 14.2. The van der Waals surface area contributed by atoms with E-state index in [4.69, 9.17) is 0 Å². The van der Waals surface area contributed by atoms with Gasteiger partial charge in [-0.1, -0.05) is 52.8 Å². The number of hydrogen-bond acceptors (Lipinski definition) is 0. The second-order valence-electron chi connectivity index (χ2n) is 12.9. The molecular formula is C30H50. The number of rotatable bonds is 5. The number of allylic oxidation sites excluding steroid dienone is 3. The Morgan fingerprint density at radius 3 is 2.43 bits per heavy atom. The number of hydrogen-bond donors (Lipinski definition) is 0. The molecule has 0 aliphatic heterocycles. The summed E-state index contributed by atoms with van der Waals surface area (Å²) in [4.78, 5) is 0. The van der Waals surface area contributed by atoms with E-state index in [-0.39, 0.29) is 0 Å². The molecular weight excluding hydrogens is 360 g/mol. The van der Waals surface area contributed by atoms with E-state index in [1.165, 1.54) is 64.2 Å². The van der Waals surface area contributed by atoms with Crippen LogP contribution in [0.2, 0.25) is 0 Å². The lowest BCUT2D eigenvalue weighted by Crippen LogP contribution is -2.58. The van der Waals surface area contributed by atoms with Crippen LogP contribution in [0.4, 0.5) is 0 Å². The van der Waals surface area contributed by atoms with Gasteiger partial charge in [0.05, 0.1) is 0 Å². The minimum atomic E-state index is 0.442. The van der Waals surface area contributed by atoms with E-state index in [9.17, 15) is 0 Å². The van der Waals surface area contributed by atoms with Crippen molar-refractivity contribution in [3.8, 4) is 0 Å². The normalized spacial score (nSPS) is 48.6. The lowest BCUT2D eigenvalue weighted by atomic mass is 9.40. The monoisotopic (exact) mass is 410 g/mol. The highest BCUT2D eigenvalue weighted by Gasteiger charge is 2.63. The molecule has 9 unspecified atom stereocenters. The van der Waals surface area contributed by atoms with Crippen LogP contribution in [0.5, 0.6) is 0 Å². The Labute approximate surface area is 188 Å². The van der Waals surface area contributed by atoms with Gasteiger partial charge in [-0.3, -0.25) is 0 Å². The predicted molar refractivity (Wildman–Crippen MR) is 131 cm³/mol. The molecule has 4 saturated carbocycles. The largest absolute Gasteiger partial charge is 0.103 e. The van der Waals surface area contributed by atoms with Crippen LogP contribution >= 0.6 is 0 Å². The maximum absolute atomic E-state index is 4.50. The van der Waals surface area contributed by atoms with Crippen LogP contribution in [0.1, 0.15) is 106 Å². The summed E-state index contributed by atoms with van der Waals surface area (Å²) in [7, 11) is 0. The van der Waals surface area contributed by atoms with Crippen LogP contribution in [0, 0.1) is 57.7 Å². The van der Waals surface area contributed by atoms with Gasteiger partial charge in [-0.15, -0.1) is 6.58 Å². The molecule has 0 bridgehead atoms. The van der Waals surface area contributed by atoms with E-state index in [0.717, 1.165) is 41.4 Å². The third-order valence-electron chi connectivity index (χ3n) is 11.9. The first kappa shape index (κ1) is 22.7. The summed E-state index contributed by atoms with van der Waals surface area (Å²) in [5.74, 6) is 6.39. The van der Waals surface area contributed by atoms with E-state index in [1.807, 2.05) is 0 Å². The molecule has 4 fully saturated rings. The van der Waals surface area contributed by atoms with Crippen LogP contribution in [0.25, 0.3) is 0 Å². The van der Waals surface area contributed by atoms with Crippen LogP contribution in [0.3, 0.4) is 0 Å². The summed E-state index contributed by atoms with van der Waals surface area (Å²) in [5.41, 5.74) is 1.55. The average Bonchev–Trinajstić information content (AvgIpc) is 3.11. The molecule has 0 nitrogen and oxygen atoms in total. The molecule has 4 aliphatic rings. The van der Waals surface area contributed by atoms with Crippen molar-refractivity contribution in [3.63, 3.8) is 0 Å². The molecule has 30 heavy (non-hydrogen) atoms. The average molecular weight is 411 g/mol. The fourth-order valence-electron chi connectivity index (χ4n) is 9.99. The van der Waals surface area contributed by atoms with Crippen molar-refractivity contribution in [1.82, 2.24) is 0 Å². The minimum absolute atomic E-state index is 0.442. The Morgan fingerprint density at radius 1 is 0.967 bits per heavy atom. The van der Waals surface area contributed by atoms with Gasteiger partial charge in [-0.05, 0) is 129 Å². The van der Waals surface area contributed by atoms with Gasteiger partial charge < -0.3 is 0 Å². The van der Waals surface area contributed by atoms with Crippen molar-refractivity contribution < 1.29 is 0 Å². The first-order valence-electron chi connectivity index (χ1n) is 13.5. The molecule has 0 radical (unpaired) electrons. The summed E-state index contributed by atoms with van der Waals surface area (Å²) in [6, 6.07) is 0. The van der Waals surface area contributed by atoms with E-state index in [0.29, 0.717) is 16.2 Å². The Hall–Kier alpha value is -0.520. The molecule has 0 amide bonds. The molecule has 0 spiro atoms. The summed E-state index contributed by atoms with van der Waals surface area (Å²) >= 11 is 0. The van der Waals surface area contributed by atoms with Gasteiger partial charge in [0, 0.05) is 0 Å². The van der Waals surface area contributed by atoms with Crippen LogP contribution in [-0.4, -0.2) is 0 Å². The van der Waals surface area contributed by atoms with Gasteiger partial charge in [-0.2, -0.15) is 0 Å². The van der Waals surface area contributed by atoms with Crippen molar-refractivity contribution in [2.45, 2.75) is 106 Å². The van der Waals surface area contributed by atoms with Crippen molar-refractivity contribution in [1.29, 1.82) is 0 Å². The Kier molecular flexibility index (Phi) is 6.13. The fraction of sp³-hybridized carbons (Fsp3) is 0.867. The molecule has 0 aromatic carbocycles. The van der Waals surface area contributed by atoms with Gasteiger partial charge in [0.15, 0.2) is 0 Å². The Bertz CT molecular complexity index is 655. The molecule has 170 valence electrons. The van der Waals surface area contributed by atoms with Crippen LogP contribution in [0.15, 0.2) is 24.8 Å². The summed E-state index contributed by atoms with van der Waals surface area (Å²) < 4.78 is 0. The molecule has 4 rings (SSSR count). The predicted octanol–water partition coefficient (Wildman–Crippen LogP) is 9.08. The Morgan fingerprint density at radius 2 is 1.73 bits per heavy atom. The van der Waals surface area contributed by atoms with Gasteiger partial charge >= 0.3 is 0 Å². The maximum Gasteiger partial charge on any atom is -0.00590 e. The van der Waals surface area contributed by atoms with Crippen molar-refractivity contribution in [3.05, 3.63) is 24.8 Å². The zero-order chi connectivity index (χ0) is 21.7. The summed E-state index contributed by atoms with van der Waals surface area (Å²) in [6.07, 6.45) is 21.5. The van der Waals surface area contributed by atoms with Gasteiger partial charge in [0.2, 0.25) is 0 Å². The lowest BCUT2D eigenvalue weighted by Gasteiger charge is -2.65. The highest BCUT2D eigenvalue weighted by molar-refractivity contribution is 5.17. The second kappa shape index (κ2) is 8.12. The smallest absolute Gasteiger partial charge is 0.00590 e. The molecule has 0 heterocycles. The molecule has 0 heteroatoms. The molecule has 0 N–H and O–H groups in total. The quantitative estimate of drug-likeness (QED) is 0.396. The second-order valence-corrected chi connectivity index (χ2v) is 12.9. The minimum Gasteiger partial charge on any atom is -0.103 e. The number of fused-ring (bicyclic) bond motifs is 5. The molecule has 0 saturated heterocycles. The summed E-state index contributed by atoms with van der Waals surface area (Å²) in [6.45, 7) is 19.7. The standard InChI is InChI=1S/C30H50/c1-8-10-11-12-21(3)24-14-15-26-23-13-16-27-28(5,6)22(4)17-19-29(27,7)25(23)18-20-30(24,26)9-2/h8-10,21-27H,2,11-20H2,1,3-7H3/b10-8-. The third-order valence-corrected chi connectivity index (χ3v) is 11.9. The van der Waals surface area contributed by atoms with E-state index in [2.05, 4.69) is 66.3 Å². The highest BCUT2D eigenvalue weighted by atomic mass is 14.7. The molecule has 0 aromatic heterocycles. The molecule has 9 atom stereocenters. The van der Waals surface area contributed by atoms with Crippen LogP contribution < -0.4 is 0 Å². The first-order valence-corrected chi connectivity index (χ1v) is 13.5. The van der Waals surface area contributed by atoms with Crippen LogP contribution in [-0.2, 0) is 0 Å². The molecule has 4 aliphatic carbocycles. The van der Waals surface area contributed by atoms with Crippen molar-refractivity contribution >= 4 is 0 Å². The zero-order valence-electron chi connectivity index (χ0n) is 21.1. The van der Waals surface area contributed by atoms with Gasteiger partial charge in [0.25, 0.3) is 0 Å². The summed E-state index contributed by atoms with van der Waals surface area (Å²) in [5, 5.41) is 0. The fourth-order valence-corrected chi connectivity index (χ4v) is 9.99. The van der Waals surface area contributed by atoms with Gasteiger partial charge in [-0.25, -0.2) is 0 Å². The van der Waals surface area contributed by atoms with Gasteiger partial charge in [0.1, 0.15) is 0 Å². The SMILES string of the molecule is C=CC12CCC3C(CCC4C(C)(C)C(C)CCC34C)C1CCC2C(C)CC/C=C\C. The maximum atomic E-state index is 4.50. The van der Waals surface area contributed by atoms with Crippen molar-refractivity contribution in [2.24, 2.45) is 57.7 Å². The topological polar surface area (TPSA) is 0 Å². The third kappa shape index (κ3) is 3.21. The highest BCUT2D eigenvalue weighted by Crippen LogP contribution is 2.71. The Balaban J connectivity index is 1.58. The van der Waals surface area contributed by atoms with E-state index < -0.39 is 0 Å². The van der Waals surface area contributed by atoms with E-state index in [1.54, 1.807) is 0 Å².